The Hall–Kier alpha value is -1.56. The maximum absolute atomic E-state index is 13.2. The molecule has 0 atom stereocenters. The predicted octanol–water partition coefficient (Wildman–Crippen LogP) is 4.16. The monoisotopic (exact) mass is 395 g/mol. The molecule has 0 N–H and O–H groups in total. The summed E-state index contributed by atoms with van der Waals surface area (Å²) < 4.78 is 7.15. The lowest BCUT2D eigenvalue weighted by atomic mass is 10.0. The number of halogens is 2. The van der Waals surface area contributed by atoms with Crippen molar-refractivity contribution in [3.8, 4) is 5.69 Å². The summed E-state index contributed by atoms with van der Waals surface area (Å²) in [5, 5.41) is 5.70. The topological polar surface area (TPSA) is 47.4 Å². The fraction of sp³-hybridized carbons (Fsp3) is 0.474. The Morgan fingerprint density at radius 3 is 2.54 bits per heavy atom. The normalized spacial score (nSPS) is 14.9. The van der Waals surface area contributed by atoms with Crippen LogP contribution in [-0.4, -0.2) is 46.9 Å². The fourth-order valence-electron chi connectivity index (χ4n) is 3.16. The van der Waals surface area contributed by atoms with E-state index in [1.54, 1.807) is 16.8 Å². The highest BCUT2D eigenvalue weighted by Crippen LogP contribution is 2.27. The molecule has 2 heterocycles. The lowest BCUT2D eigenvalue weighted by Crippen LogP contribution is -2.41. The van der Waals surface area contributed by atoms with E-state index in [9.17, 15) is 4.79 Å². The molecule has 2 aromatic rings. The molecular formula is C19H23Cl2N3O2. The van der Waals surface area contributed by atoms with Crippen LogP contribution in [0.2, 0.25) is 10.0 Å². The second-order valence-electron chi connectivity index (χ2n) is 6.92. The van der Waals surface area contributed by atoms with Gasteiger partial charge in [0.2, 0.25) is 0 Å². The van der Waals surface area contributed by atoms with Crippen molar-refractivity contribution in [2.75, 3.05) is 26.3 Å². The number of hydrogen-bond donors (Lipinski definition) is 0. The summed E-state index contributed by atoms with van der Waals surface area (Å²) in [4.78, 5) is 15.0. The van der Waals surface area contributed by atoms with Gasteiger partial charge in [-0.25, -0.2) is 4.68 Å². The Labute approximate surface area is 163 Å². The van der Waals surface area contributed by atoms with Crippen molar-refractivity contribution in [2.45, 2.75) is 27.2 Å². The number of nitrogens with zero attached hydrogens (tertiary/aromatic N) is 3. The quantitative estimate of drug-likeness (QED) is 0.780. The maximum atomic E-state index is 13.2. The Kier molecular flexibility index (Phi) is 5.90. The van der Waals surface area contributed by atoms with E-state index in [0.29, 0.717) is 47.8 Å². The van der Waals surface area contributed by atoms with Gasteiger partial charge in [0.05, 0.1) is 45.9 Å². The van der Waals surface area contributed by atoms with Gasteiger partial charge < -0.3 is 9.64 Å². The van der Waals surface area contributed by atoms with Crippen molar-refractivity contribution in [1.82, 2.24) is 14.7 Å². The average molecular weight is 396 g/mol. The van der Waals surface area contributed by atoms with Gasteiger partial charge in [0.1, 0.15) is 0 Å². The fourth-order valence-corrected chi connectivity index (χ4v) is 3.45. The molecule has 1 amide bonds. The average Bonchev–Trinajstić information content (AvgIpc) is 2.93. The van der Waals surface area contributed by atoms with Gasteiger partial charge in [0.15, 0.2) is 0 Å². The van der Waals surface area contributed by atoms with Gasteiger partial charge in [0, 0.05) is 13.1 Å². The number of hydrogen-bond acceptors (Lipinski definition) is 3. The molecule has 0 spiro atoms. The summed E-state index contributed by atoms with van der Waals surface area (Å²) in [6, 6.07) is 5.37. The molecule has 0 bridgehead atoms. The predicted molar refractivity (Wildman–Crippen MR) is 104 cm³/mol. The van der Waals surface area contributed by atoms with Gasteiger partial charge in [-0.2, -0.15) is 5.10 Å². The number of morpholine rings is 1. The highest BCUT2D eigenvalue weighted by Gasteiger charge is 2.27. The van der Waals surface area contributed by atoms with E-state index in [4.69, 9.17) is 33.0 Å². The van der Waals surface area contributed by atoms with Gasteiger partial charge in [-0.15, -0.1) is 0 Å². The van der Waals surface area contributed by atoms with Gasteiger partial charge >= 0.3 is 0 Å². The number of carbonyl (C=O) groups is 1. The number of carbonyl (C=O) groups excluding carboxylic acids is 1. The minimum absolute atomic E-state index is 0.0211. The van der Waals surface area contributed by atoms with Crippen molar-refractivity contribution in [2.24, 2.45) is 5.92 Å². The van der Waals surface area contributed by atoms with Crippen molar-refractivity contribution < 1.29 is 9.53 Å². The van der Waals surface area contributed by atoms with Crippen molar-refractivity contribution in [1.29, 1.82) is 0 Å². The highest BCUT2D eigenvalue weighted by atomic mass is 35.5. The molecule has 1 saturated heterocycles. The molecule has 3 rings (SSSR count). The molecule has 0 saturated carbocycles. The smallest absolute Gasteiger partial charge is 0.257 e. The molecule has 5 nitrogen and oxygen atoms in total. The molecule has 1 aliphatic rings. The maximum Gasteiger partial charge on any atom is 0.257 e. The van der Waals surface area contributed by atoms with E-state index in [2.05, 4.69) is 13.8 Å². The molecule has 1 aromatic carbocycles. The summed E-state index contributed by atoms with van der Waals surface area (Å²) in [5.41, 5.74) is 3.12. The van der Waals surface area contributed by atoms with Crippen LogP contribution in [0.25, 0.3) is 5.69 Å². The van der Waals surface area contributed by atoms with E-state index < -0.39 is 0 Å². The first-order valence-corrected chi connectivity index (χ1v) is 9.55. The standard InChI is InChI=1S/C19H23Cl2N3O2/c1-12(2)10-17-18(19(25)23-6-8-26-9-7-23)13(3)24(22-17)14-4-5-15(20)16(21)11-14/h4-5,11-12H,6-10H2,1-3H3. The second-order valence-corrected chi connectivity index (χ2v) is 7.73. The Bertz CT molecular complexity index is 811. The van der Waals surface area contributed by atoms with Crippen LogP contribution in [0.5, 0.6) is 0 Å². The summed E-state index contributed by atoms with van der Waals surface area (Å²) >= 11 is 12.2. The minimum Gasteiger partial charge on any atom is -0.378 e. The Balaban J connectivity index is 2.05. The van der Waals surface area contributed by atoms with Crippen molar-refractivity contribution in [3.05, 3.63) is 45.2 Å². The zero-order valence-electron chi connectivity index (χ0n) is 15.3. The van der Waals surface area contributed by atoms with Gasteiger partial charge in [-0.05, 0) is 37.5 Å². The highest BCUT2D eigenvalue weighted by molar-refractivity contribution is 6.42. The molecule has 0 unspecified atom stereocenters. The molecule has 0 radical (unpaired) electrons. The van der Waals surface area contributed by atoms with Gasteiger partial charge in [-0.1, -0.05) is 37.0 Å². The van der Waals surface area contributed by atoms with Crippen molar-refractivity contribution in [3.63, 3.8) is 0 Å². The van der Waals surface area contributed by atoms with Crippen LogP contribution >= 0.6 is 23.2 Å². The summed E-state index contributed by atoms with van der Waals surface area (Å²) in [5.74, 6) is 0.413. The van der Waals surface area contributed by atoms with E-state index in [-0.39, 0.29) is 5.91 Å². The zero-order valence-corrected chi connectivity index (χ0v) is 16.8. The largest absolute Gasteiger partial charge is 0.378 e. The molecule has 1 aromatic heterocycles. The van der Waals surface area contributed by atoms with Crippen LogP contribution in [-0.2, 0) is 11.2 Å². The lowest BCUT2D eigenvalue weighted by Gasteiger charge is -2.27. The van der Waals surface area contributed by atoms with E-state index >= 15 is 0 Å². The molecule has 1 fully saturated rings. The first-order valence-electron chi connectivity index (χ1n) is 8.79. The summed E-state index contributed by atoms with van der Waals surface area (Å²) in [6.45, 7) is 8.53. The van der Waals surface area contributed by atoms with Crippen LogP contribution in [0.3, 0.4) is 0 Å². The molecule has 7 heteroatoms. The molecule has 0 aliphatic carbocycles. The van der Waals surface area contributed by atoms with Crippen LogP contribution in [0, 0.1) is 12.8 Å². The third-order valence-electron chi connectivity index (χ3n) is 4.45. The SMILES string of the molecule is Cc1c(C(=O)N2CCOCC2)c(CC(C)C)nn1-c1ccc(Cl)c(Cl)c1. The first kappa shape index (κ1) is 19.2. The zero-order chi connectivity index (χ0) is 18.8. The number of amides is 1. The van der Waals surface area contributed by atoms with Crippen molar-refractivity contribution >= 4 is 29.1 Å². The number of aromatic nitrogens is 2. The van der Waals surface area contributed by atoms with E-state index in [1.807, 2.05) is 17.9 Å². The number of ether oxygens (including phenoxy) is 1. The van der Waals surface area contributed by atoms with Crippen LogP contribution in [0.4, 0.5) is 0 Å². The second kappa shape index (κ2) is 7.99. The minimum atomic E-state index is 0.0211. The lowest BCUT2D eigenvalue weighted by molar-refractivity contribution is 0.0301. The summed E-state index contributed by atoms with van der Waals surface area (Å²) in [7, 11) is 0. The molecular weight excluding hydrogens is 373 g/mol. The molecule has 140 valence electrons. The molecule has 26 heavy (non-hydrogen) atoms. The Morgan fingerprint density at radius 1 is 1.23 bits per heavy atom. The Morgan fingerprint density at radius 2 is 1.92 bits per heavy atom. The summed E-state index contributed by atoms with van der Waals surface area (Å²) in [6.07, 6.45) is 0.737. The third-order valence-corrected chi connectivity index (χ3v) is 5.19. The van der Waals surface area contributed by atoms with Crippen LogP contribution in [0.1, 0.15) is 35.6 Å². The van der Waals surface area contributed by atoms with Crippen LogP contribution < -0.4 is 0 Å². The van der Waals surface area contributed by atoms with Crippen LogP contribution in [0.15, 0.2) is 18.2 Å². The van der Waals surface area contributed by atoms with E-state index in [1.165, 1.54) is 0 Å². The van der Waals surface area contributed by atoms with Gasteiger partial charge in [0.25, 0.3) is 5.91 Å². The van der Waals surface area contributed by atoms with E-state index in [0.717, 1.165) is 23.5 Å². The number of benzene rings is 1. The molecule has 1 aliphatic heterocycles. The number of rotatable bonds is 4. The third kappa shape index (κ3) is 3.90. The first-order chi connectivity index (χ1) is 12.4. The van der Waals surface area contributed by atoms with Gasteiger partial charge in [-0.3, -0.25) is 4.79 Å².